The van der Waals surface area contributed by atoms with E-state index in [2.05, 4.69) is 23.7 Å². The maximum atomic E-state index is 11.1. The second-order valence-electron chi connectivity index (χ2n) is 5.03. The van der Waals surface area contributed by atoms with E-state index in [4.69, 9.17) is 4.42 Å². The van der Waals surface area contributed by atoms with Gasteiger partial charge in [-0.3, -0.25) is 4.98 Å². The number of rotatable bonds is 7. The third-order valence-electron chi connectivity index (χ3n) is 3.54. The summed E-state index contributed by atoms with van der Waals surface area (Å²) in [6, 6.07) is 5.32. The van der Waals surface area contributed by atoms with Crippen LogP contribution in [0.2, 0.25) is 0 Å². The maximum absolute atomic E-state index is 11.1. The zero-order valence-electron chi connectivity index (χ0n) is 12.1. The molecule has 1 aromatic carbocycles. The van der Waals surface area contributed by atoms with Gasteiger partial charge in [0.25, 0.3) is 0 Å². The molecular weight excluding hydrogens is 256 g/mol. The van der Waals surface area contributed by atoms with Crippen molar-refractivity contribution in [1.29, 1.82) is 0 Å². The molecule has 0 spiro atoms. The van der Waals surface area contributed by atoms with E-state index in [1.165, 1.54) is 0 Å². The molecule has 5 heteroatoms. The number of hydrogen-bond acceptors (Lipinski definition) is 4. The minimum Gasteiger partial charge on any atom is -0.408 e. The maximum Gasteiger partial charge on any atom is 0.417 e. The lowest BCUT2D eigenvalue weighted by Crippen LogP contribution is -2.29. The molecule has 2 N–H and O–H groups in total. The summed E-state index contributed by atoms with van der Waals surface area (Å²) in [6.07, 6.45) is 1.70. The van der Waals surface area contributed by atoms with Crippen LogP contribution in [0.25, 0.3) is 11.1 Å². The second-order valence-corrected chi connectivity index (χ2v) is 5.03. The molecule has 0 aliphatic heterocycles. The lowest BCUT2D eigenvalue weighted by molar-refractivity contribution is 0.115. The average molecular weight is 278 g/mol. The van der Waals surface area contributed by atoms with Gasteiger partial charge in [-0.2, -0.15) is 0 Å². The van der Waals surface area contributed by atoms with E-state index in [0.29, 0.717) is 17.6 Å². The van der Waals surface area contributed by atoms with E-state index >= 15 is 0 Å². The normalized spacial score (nSPS) is 13.2. The number of aliphatic hydroxyl groups is 1. The highest BCUT2D eigenvalue weighted by molar-refractivity contribution is 5.72. The number of H-pyrrole nitrogens is 1. The number of unbranched alkanes of at least 4 members (excludes halogenated alkanes) is 1. The summed E-state index contributed by atoms with van der Waals surface area (Å²) < 4.78 is 5.02. The number of oxazole rings is 1. The van der Waals surface area contributed by atoms with Crippen molar-refractivity contribution < 1.29 is 9.52 Å². The van der Waals surface area contributed by atoms with Gasteiger partial charge >= 0.3 is 5.76 Å². The summed E-state index contributed by atoms with van der Waals surface area (Å²) >= 11 is 0. The van der Waals surface area contributed by atoms with E-state index in [1.807, 2.05) is 6.07 Å². The van der Waals surface area contributed by atoms with Crippen LogP contribution in [-0.4, -0.2) is 34.6 Å². The fourth-order valence-corrected chi connectivity index (χ4v) is 2.28. The van der Waals surface area contributed by atoms with Gasteiger partial charge in [0.15, 0.2) is 5.58 Å². The SMILES string of the molecule is CCCCN(CC)CC(O)c1ccc2[nH]c(=O)oc2c1. The number of aromatic nitrogens is 1. The lowest BCUT2D eigenvalue weighted by atomic mass is 10.1. The summed E-state index contributed by atoms with van der Waals surface area (Å²) in [5.74, 6) is -0.468. The summed E-state index contributed by atoms with van der Waals surface area (Å²) in [5.41, 5.74) is 1.92. The summed E-state index contributed by atoms with van der Waals surface area (Å²) in [7, 11) is 0. The van der Waals surface area contributed by atoms with Crippen LogP contribution in [0.15, 0.2) is 27.4 Å². The number of benzene rings is 1. The molecule has 0 aliphatic carbocycles. The molecule has 1 atom stereocenters. The van der Waals surface area contributed by atoms with Crippen molar-refractivity contribution in [3.8, 4) is 0 Å². The highest BCUT2D eigenvalue weighted by atomic mass is 16.4. The molecular formula is C15H22N2O3. The lowest BCUT2D eigenvalue weighted by Gasteiger charge is -2.23. The van der Waals surface area contributed by atoms with Gasteiger partial charge in [-0.15, -0.1) is 0 Å². The number of nitrogens with zero attached hydrogens (tertiary/aromatic N) is 1. The van der Waals surface area contributed by atoms with Crippen molar-refractivity contribution in [2.45, 2.75) is 32.8 Å². The number of aromatic amines is 1. The third kappa shape index (κ3) is 3.49. The molecule has 1 aromatic heterocycles. The van der Waals surface area contributed by atoms with Gasteiger partial charge in [0.2, 0.25) is 0 Å². The monoisotopic (exact) mass is 278 g/mol. The Morgan fingerprint density at radius 1 is 1.40 bits per heavy atom. The Morgan fingerprint density at radius 3 is 2.90 bits per heavy atom. The van der Waals surface area contributed by atoms with Gasteiger partial charge in [-0.1, -0.05) is 26.3 Å². The molecule has 2 rings (SSSR count). The van der Waals surface area contributed by atoms with Gasteiger partial charge in [0.05, 0.1) is 11.6 Å². The van der Waals surface area contributed by atoms with E-state index < -0.39 is 11.9 Å². The van der Waals surface area contributed by atoms with Crippen LogP contribution in [0.5, 0.6) is 0 Å². The average Bonchev–Trinajstić information content (AvgIpc) is 2.82. The minimum atomic E-state index is -0.573. The van der Waals surface area contributed by atoms with Crippen molar-refractivity contribution in [3.63, 3.8) is 0 Å². The van der Waals surface area contributed by atoms with Crippen LogP contribution >= 0.6 is 0 Å². The zero-order chi connectivity index (χ0) is 14.5. The second kappa shape index (κ2) is 6.72. The van der Waals surface area contributed by atoms with E-state index in [-0.39, 0.29) is 0 Å². The van der Waals surface area contributed by atoms with Crippen LogP contribution < -0.4 is 5.76 Å². The molecule has 1 heterocycles. The van der Waals surface area contributed by atoms with Crippen LogP contribution in [0.1, 0.15) is 38.4 Å². The molecule has 0 bridgehead atoms. The number of likely N-dealkylation sites (N-methyl/N-ethyl adjacent to an activating group) is 1. The molecule has 1 unspecified atom stereocenters. The highest BCUT2D eigenvalue weighted by Gasteiger charge is 2.13. The fourth-order valence-electron chi connectivity index (χ4n) is 2.28. The summed E-state index contributed by atoms with van der Waals surface area (Å²) in [4.78, 5) is 15.9. The summed E-state index contributed by atoms with van der Waals surface area (Å²) in [5, 5.41) is 10.3. The van der Waals surface area contributed by atoms with Crippen LogP contribution in [0, 0.1) is 0 Å². The van der Waals surface area contributed by atoms with Crippen LogP contribution in [-0.2, 0) is 0 Å². The highest BCUT2D eigenvalue weighted by Crippen LogP contribution is 2.19. The smallest absolute Gasteiger partial charge is 0.408 e. The van der Waals surface area contributed by atoms with E-state index in [1.54, 1.807) is 12.1 Å². The zero-order valence-corrected chi connectivity index (χ0v) is 12.1. The predicted octanol–water partition coefficient (Wildman–Crippen LogP) is 2.28. The standard InChI is InChI=1S/C15H22N2O3/c1-3-5-8-17(4-2)10-13(18)11-6-7-12-14(9-11)20-15(19)16-12/h6-7,9,13,18H,3-5,8,10H2,1-2H3,(H,16,19). The molecule has 2 aromatic rings. The van der Waals surface area contributed by atoms with Gasteiger partial charge < -0.3 is 14.4 Å². The third-order valence-corrected chi connectivity index (χ3v) is 3.54. The number of aliphatic hydroxyl groups excluding tert-OH is 1. The molecule has 110 valence electrons. The van der Waals surface area contributed by atoms with Crippen LogP contribution in [0.4, 0.5) is 0 Å². The first-order chi connectivity index (χ1) is 9.63. The first-order valence-corrected chi connectivity index (χ1v) is 7.17. The van der Waals surface area contributed by atoms with Crippen molar-refractivity contribution in [1.82, 2.24) is 9.88 Å². The Kier molecular flexibility index (Phi) is 4.98. The molecule has 0 amide bonds. The number of fused-ring (bicyclic) bond motifs is 1. The van der Waals surface area contributed by atoms with Crippen LogP contribution in [0.3, 0.4) is 0 Å². The number of nitrogens with one attached hydrogen (secondary N) is 1. The molecule has 0 aliphatic rings. The Hall–Kier alpha value is -1.59. The molecule has 5 nitrogen and oxygen atoms in total. The van der Waals surface area contributed by atoms with Crippen molar-refractivity contribution in [2.24, 2.45) is 0 Å². The molecule has 0 radical (unpaired) electrons. The van der Waals surface area contributed by atoms with E-state index in [0.717, 1.165) is 31.5 Å². The molecule has 0 fully saturated rings. The Morgan fingerprint density at radius 2 is 2.20 bits per heavy atom. The first-order valence-electron chi connectivity index (χ1n) is 7.17. The van der Waals surface area contributed by atoms with Gasteiger partial charge in [-0.25, -0.2) is 4.79 Å². The minimum absolute atomic E-state index is 0.468. The fraction of sp³-hybridized carbons (Fsp3) is 0.533. The van der Waals surface area contributed by atoms with Crippen molar-refractivity contribution >= 4 is 11.1 Å². The van der Waals surface area contributed by atoms with Crippen molar-refractivity contribution in [2.75, 3.05) is 19.6 Å². The topological polar surface area (TPSA) is 69.5 Å². The molecule has 20 heavy (non-hydrogen) atoms. The Labute approximate surface area is 118 Å². The van der Waals surface area contributed by atoms with Crippen molar-refractivity contribution in [3.05, 3.63) is 34.3 Å². The van der Waals surface area contributed by atoms with Gasteiger partial charge in [0, 0.05) is 6.54 Å². The quantitative estimate of drug-likeness (QED) is 0.815. The molecule has 0 saturated heterocycles. The largest absolute Gasteiger partial charge is 0.417 e. The van der Waals surface area contributed by atoms with Gasteiger partial charge in [-0.05, 0) is 37.2 Å². The van der Waals surface area contributed by atoms with Gasteiger partial charge in [0.1, 0.15) is 0 Å². The molecule has 0 saturated carbocycles. The Bertz CT molecular complexity index is 602. The van der Waals surface area contributed by atoms with E-state index in [9.17, 15) is 9.90 Å². The predicted molar refractivity (Wildman–Crippen MR) is 78.8 cm³/mol. The number of hydrogen-bond donors (Lipinski definition) is 2. The first kappa shape index (κ1) is 14.8. The summed E-state index contributed by atoms with van der Waals surface area (Å²) in [6.45, 7) is 6.75. The Balaban J connectivity index is 2.09.